The molecule has 5 heterocycles. The van der Waals surface area contributed by atoms with Gasteiger partial charge in [0.1, 0.15) is 35.2 Å². The summed E-state index contributed by atoms with van der Waals surface area (Å²) in [7, 11) is 10.6. The summed E-state index contributed by atoms with van der Waals surface area (Å²) in [5, 5.41) is 14.3. The van der Waals surface area contributed by atoms with Gasteiger partial charge in [-0.1, -0.05) is 205 Å². The molecular weight excluding hydrogens is 1700 g/mol. The summed E-state index contributed by atoms with van der Waals surface area (Å²) in [5.74, 6) is 6.48. The van der Waals surface area contributed by atoms with Gasteiger partial charge in [0.15, 0.2) is 28.5 Å². The lowest BCUT2D eigenvalue weighted by Crippen LogP contribution is -2.38. The van der Waals surface area contributed by atoms with Gasteiger partial charge in [-0.3, -0.25) is 0 Å². The van der Waals surface area contributed by atoms with Crippen LogP contribution in [0.15, 0.2) is 206 Å². The fourth-order valence-corrected chi connectivity index (χ4v) is 29.2. The minimum absolute atomic E-state index is 0.0596. The van der Waals surface area contributed by atoms with Gasteiger partial charge >= 0.3 is 0 Å². The van der Waals surface area contributed by atoms with Gasteiger partial charge in [0.2, 0.25) is 28.5 Å². The van der Waals surface area contributed by atoms with Crippen LogP contribution in [0, 0.1) is 69.2 Å². The highest BCUT2D eigenvalue weighted by atomic mass is 15.0. The average Bonchev–Trinajstić information content (AvgIpc) is 0.967. The van der Waals surface area contributed by atoms with Crippen molar-refractivity contribution < 1.29 is 29.7 Å². The number of pyridine rings is 5. The smallest absolute Gasteiger partial charge is 0.198 e. The van der Waals surface area contributed by atoms with Crippen molar-refractivity contribution in [3.63, 3.8) is 0 Å². The van der Waals surface area contributed by atoms with E-state index in [2.05, 4.69) is 317 Å². The number of rotatable bonds is 9. The van der Waals surface area contributed by atoms with Crippen molar-refractivity contribution >= 4 is 64.6 Å². The summed E-state index contributed by atoms with van der Waals surface area (Å²) in [6.07, 6.45) is 39.7. The monoisotopic (exact) mass is 1860 g/mol. The van der Waals surface area contributed by atoms with E-state index in [1.54, 1.807) is 22.3 Å². The van der Waals surface area contributed by atoms with Crippen LogP contribution in [0.3, 0.4) is 0 Å². The average molecular weight is 1860 g/mol. The van der Waals surface area contributed by atoms with E-state index < -0.39 is 0 Å². The Morgan fingerprint density at radius 3 is 0.986 bits per heavy atom. The molecule has 0 amide bonds. The molecule has 2 atom stereocenters. The molecule has 7 fully saturated rings. The molecule has 7 saturated carbocycles. The molecule has 0 aliphatic heterocycles. The molecule has 28 rings (SSSR count). The third-order valence-corrected chi connectivity index (χ3v) is 37.7. The molecular formula is C136H154N5+5. The SMILES string of the molecule is [2H]c1c(C)[n+](C)c(-c2cc3c(cc2C)C2CCC3C2)c2ccc(C3CCCC3)cc12.[2H]c1c(C)[n+](C)c(-c2cc3c(cc2C)C2CCC3CC2)c2ccc(C3CCCC3)cc12.[2H]c1c(C)[n+](C)c(-c2cc3c(cc2C)CCC3)c2ccc(C3CCCC3)cc12.[2H]c1c(C)[n+](C)c(-c2cc3ccccc3cc2C)c2ccc(C3CCCC3)cc12.[2H]c1c(C)[n+](C)c2c3c(cc(C4CCCC4)cc13)C(C)(C)c1cccc(C)c1-2. The van der Waals surface area contributed by atoms with Crippen molar-refractivity contribution in [2.45, 2.75) is 334 Å². The molecule has 0 spiro atoms. The highest BCUT2D eigenvalue weighted by Crippen LogP contribution is 2.57. The lowest BCUT2D eigenvalue weighted by Gasteiger charge is -2.38. The summed E-state index contributed by atoms with van der Waals surface area (Å²) in [5.41, 5.74) is 44.5. The molecule has 0 radical (unpaired) electrons. The number of aryl methyl sites for hydroxylation is 7. The van der Waals surface area contributed by atoms with E-state index in [9.17, 15) is 0 Å². The fraction of sp³-hybridized carbons (Fsp3) is 0.419. The first-order chi connectivity index (χ1) is 70.5. The number of aromatic nitrogens is 5. The van der Waals surface area contributed by atoms with E-state index in [0.717, 1.165) is 79.1 Å². The Morgan fingerprint density at radius 1 is 0.248 bits per heavy atom. The Labute approximate surface area is 849 Å². The zero-order chi connectivity index (χ0) is 101. The maximum Gasteiger partial charge on any atom is 0.221 e. The number of hydrogen-bond acceptors (Lipinski definition) is 0. The normalized spacial score (nSPS) is 19.9. The number of fused-ring (bicyclic) bond motifs is 15. The second-order valence-corrected chi connectivity index (χ2v) is 46.5. The summed E-state index contributed by atoms with van der Waals surface area (Å²) < 4.78 is 55.6. The second-order valence-electron chi connectivity index (χ2n) is 46.5. The van der Waals surface area contributed by atoms with Crippen molar-refractivity contribution in [1.82, 2.24) is 0 Å². The largest absolute Gasteiger partial charge is 0.221 e. The summed E-state index contributed by atoms with van der Waals surface area (Å²) in [6, 6.07) is 70.9. The zero-order valence-electron chi connectivity index (χ0n) is 92.9. The molecule has 4 bridgehead atoms. The molecule has 0 N–H and O–H groups in total. The van der Waals surface area contributed by atoms with Crippen molar-refractivity contribution in [1.29, 1.82) is 0 Å². The first-order valence-corrected chi connectivity index (χ1v) is 55.2. The van der Waals surface area contributed by atoms with Crippen molar-refractivity contribution in [2.24, 2.45) is 35.2 Å². The highest BCUT2D eigenvalue weighted by Gasteiger charge is 2.43. The van der Waals surface area contributed by atoms with Crippen molar-refractivity contribution in [3.05, 3.63) is 335 Å². The molecule has 5 aromatic heterocycles. The number of nitrogens with zero attached hydrogens (tertiary/aromatic N) is 5. The van der Waals surface area contributed by atoms with Gasteiger partial charge in [-0.05, 0) is 403 Å². The molecule has 5 nitrogen and oxygen atoms in total. The van der Waals surface area contributed by atoms with Crippen LogP contribution in [0.5, 0.6) is 0 Å². The predicted octanol–water partition coefficient (Wildman–Crippen LogP) is 33.4. The van der Waals surface area contributed by atoms with E-state index in [0.29, 0.717) is 59.8 Å². The van der Waals surface area contributed by atoms with E-state index >= 15 is 0 Å². The molecule has 141 heavy (non-hydrogen) atoms. The van der Waals surface area contributed by atoms with Crippen LogP contribution in [0.25, 0.3) is 121 Å². The van der Waals surface area contributed by atoms with Gasteiger partial charge in [-0.15, -0.1) is 0 Å². The third kappa shape index (κ3) is 16.9. The quantitative estimate of drug-likeness (QED) is 0.128. The highest BCUT2D eigenvalue weighted by molar-refractivity contribution is 6.03. The molecule has 718 valence electrons. The molecule has 2 unspecified atom stereocenters. The van der Waals surface area contributed by atoms with E-state index in [1.807, 2.05) is 0 Å². The Balaban J connectivity index is 0.000000101. The summed E-state index contributed by atoms with van der Waals surface area (Å²) in [6.45, 7) is 26.5. The van der Waals surface area contributed by atoms with Crippen LogP contribution in [-0.2, 0) is 53.5 Å². The van der Waals surface area contributed by atoms with Crippen molar-refractivity contribution in [2.75, 3.05) is 0 Å². The minimum atomic E-state index is -0.0596. The molecule has 5 heteroatoms. The number of benzene rings is 11. The lowest BCUT2D eigenvalue weighted by atomic mass is 9.66. The topological polar surface area (TPSA) is 19.4 Å². The van der Waals surface area contributed by atoms with Gasteiger partial charge in [0.05, 0.1) is 61.6 Å². The maximum absolute atomic E-state index is 8.94. The fourth-order valence-electron chi connectivity index (χ4n) is 29.2. The first-order valence-electron chi connectivity index (χ1n) is 57.7. The minimum Gasteiger partial charge on any atom is -0.198 e. The molecule has 11 aromatic carbocycles. The van der Waals surface area contributed by atoms with Crippen molar-refractivity contribution in [3.8, 4) is 56.3 Å². The standard InChI is InChI=1S/C29H34N.C28H32N.C27H28N.2C26H30N/c1-18-14-27-21-8-10-22(11-9-21)28(27)17-26(18)29-25-13-12-23(20-6-4-5-7-20)16-24(25)15-19(2)30(29)3;1-17-12-26-21-8-9-22(15-21)27(26)16-25(17)28-24-11-10-20(19-6-4-5-7-19)14-23(24)13-18(2)29(28)3;1-18-14-21-10-6-7-11-22(21)17-26(18)27-25-13-12-23(20-8-4-5-9-20)16-24(25)15-19(2)28(27)3;1-16-9-8-12-21-23(16)25-24-20(13-17(2)27(25)5)14-19(18-10-6-7-11-18)15-22(24)26(21,3)4;1-17-13-20-9-6-10-21(20)16-25(17)26-24-12-11-22(19-7-4-5-8-19)15-23(24)14-18(2)27(26)3/h12-17,20-22H,4-11H2,1-3H3;10-14,16,19,21-22H,4-9,15H2,1-3H3;6-7,10-17,20H,4-5,8-9H2,1-3H3;8-9,12-15,18H,6-7,10-11H2,1-5H3;11-16,19H,4-10H2,1-3H3/q5*+1/i15D;13D;15D;13D;14D. The van der Waals surface area contributed by atoms with Crippen LogP contribution >= 0.6 is 0 Å². The Morgan fingerprint density at radius 2 is 0.567 bits per heavy atom. The number of hydrogen-bond donors (Lipinski definition) is 0. The molecule has 16 aromatic rings. The molecule has 12 aliphatic carbocycles. The second kappa shape index (κ2) is 37.8. The first kappa shape index (κ1) is 87.5. The zero-order valence-corrected chi connectivity index (χ0v) is 87.9. The van der Waals surface area contributed by atoms with Gasteiger partial charge in [-0.25, -0.2) is 0 Å². The van der Waals surface area contributed by atoms with Crippen LogP contribution < -0.4 is 22.8 Å². The molecule has 0 saturated heterocycles. The van der Waals surface area contributed by atoms with Gasteiger partial charge in [0.25, 0.3) is 0 Å². The van der Waals surface area contributed by atoms with E-state index in [4.69, 9.17) is 6.85 Å². The lowest BCUT2D eigenvalue weighted by molar-refractivity contribution is -0.665. The molecule has 12 aliphatic rings. The predicted molar refractivity (Wildman–Crippen MR) is 591 cm³/mol. The van der Waals surface area contributed by atoms with Gasteiger partial charge in [-0.2, -0.15) is 22.8 Å². The maximum atomic E-state index is 8.94. The Bertz CT molecular complexity index is 8030. The van der Waals surface area contributed by atoms with Crippen LogP contribution in [-0.4, -0.2) is 0 Å². The summed E-state index contributed by atoms with van der Waals surface area (Å²) >= 11 is 0. The van der Waals surface area contributed by atoms with Gasteiger partial charge in [0, 0.05) is 70.2 Å². The third-order valence-electron chi connectivity index (χ3n) is 37.7. The van der Waals surface area contributed by atoms with E-state index in [-0.39, 0.29) is 5.41 Å². The van der Waals surface area contributed by atoms with Crippen LogP contribution in [0.4, 0.5) is 0 Å². The van der Waals surface area contributed by atoms with Gasteiger partial charge < -0.3 is 0 Å². The van der Waals surface area contributed by atoms with E-state index in [1.165, 1.54) is 365 Å². The summed E-state index contributed by atoms with van der Waals surface area (Å²) in [4.78, 5) is 0. The van der Waals surface area contributed by atoms with Crippen LogP contribution in [0.1, 0.15) is 382 Å². The Hall–Kier alpha value is -11.3. The van der Waals surface area contributed by atoms with Crippen LogP contribution in [0.2, 0.25) is 0 Å². The Kier molecular flexibility index (Phi) is 23.5.